The second kappa shape index (κ2) is 6.30. The summed E-state index contributed by atoms with van der Waals surface area (Å²) >= 11 is 0. The SMILES string of the molecule is COc1ccc(-c2ncc(CCC(=O)O)n2C)cc1OC. The number of ether oxygens (including phenoxy) is 2. The van der Waals surface area contributed by atoms with Gasteiger partial charge in [0, 0.05) is 24.5 Å². The lowest BCUT2D eigenvalue weighted by molar-refractivity contribution is -0.136. The summed E-state index contributed by atoms with van der Waals surface area (Å²) in [5.74, 6) is 1.23. The van der Waals surface area contributed by atoms with Crippen molar-refractivity contribution < 1.29 is 19.4 Å². The predicted molar refractivity (Wildman–Crippen MR) is 77.7 cm³/mol. The molecule has 0 fully saturated rings. The van der Waals surface area contributed by atoms with Crippen LogP contribution in [-0.4, -0.2) is 34.8 Å². The lowest BCUT2D eigenvalue weighted by Gasteiger charge is -2.10. The number of aromatic nitrogens is 2. The second-order valence-electron chi connectivity index (χ2n) is 4.60. The molecule has 6 nitrogen and oxygen atoms in total. The largest absolute Gasteiger partial charge is 0.493 e. The van der Waals surface area contributed by atoms with Gasteiger partial charge in [0.05, 0.1) is 20.6 Å². The molecule has 0 bridgehead atoms. The number of nitrogens with zero attached hydrogens (tertiary/aromatic N) is 2. The molecule has 1 heterocycles. The Kier molecular flexibility index (Phi) is 4.47. The van der Waals surface area contributed by atoms with E-state index in [1.165, 1.54) is 0 Å². The fraction of sp³-hybridized carbons (Fsp3) is 0.333. The second-order valence-corrected chi connectivity index (χ2v) is 4.60. The summed E-state index contributed by atoms with van der Waals surface area (Å²) < 4.78 is 12.4. The number of imidazole rings is 1. The molecule has 1 N–H and O–H groups in total. The van der Waals surface area contributed by atoms with E-state index in [1.54, 1.807) is 20.4 Å². The molecule has 2 aromatic rings. The molecule has 0 amide bonds. The zero-order valence-corrected chi connectivity index (χ0v) is 12.3. The molecule has 0 aliphatic carbocycles. The number of aliphatic carboxylic acids is 1. The summed E-state index contributed by atoms with van der Waals surface area (Å²) in [5, 5.41) is 8.76. The molecule has 0 atom stereocenters. The molecule has 0 aliphatic rings. The zero-order valence-electron chi connectivity index (χ0n) is 12.3. The predicted octanol–water partition coefficient (Wildman–Crippen LogP) is 2.12. The molecule has 0 saturated heterocycles. The maximum Gasteiger partial charge on any atom is 0.303 e. The zero-order chi connectivity index (χ0) is 15.4. The van der Waals surface area contributed by atoms with Gasteiger partial charge in [-0.2, -0.15) is 0 Å². The molecule has 0 aliphatic heterocycles. The quantitative estimate of drug-likeness (QED) is 0.882. The maximum absolute atomic E-state index is 10.7. The van der Waals surface area contributed by atoms with Crippen molar-refractivity contribution in [2.75, 3.05) is 14.2 Å². The highest BCUT2D eigenvalue weighted by atomic mass is 16.5. The first-order valence-corrected chi connectivity index (χ1v) is 6.51. The number of aryl methyl sites for hydroxylation is 1. The Morgan fingerprint density at radius 3 is 2.62 bits per heavy atom. The number of carbonyl (C=O) groups is 1. The van der Waals surface area contributed by atoms with Gasteiger partial charge in [0.2, 0.25) is 0 Å². The van der Waals surface area contributed by atoms with Gasteiger partial charge >= 0.3 is 5.97 Å². The minimum Gasteiger partial charge on any atom is -0.493 e. The monoisotopic (exact) mass is 290 g/mol. The number of hydrogen-bond donors (Lipinski definition) is 1. The van der Waals surface area contributed by atoms with Crippen molar-refractivity contribution in [3.05, 3.63) is 30.1 Å². The van der Waals surface area contributed by atoms with Crippen molar-refractivity contribution in [3.8, 4) is 22.9 Å². The minimum atomic E-state index is -0.816. The Morgan fingerprint density at radius 2 is 2.00 bits per heavy atom. The van der Waals surface area contributed by atoms with E-state index in [2.05, 4.69) is 4.98 Å². The van der Waals surface area contributed by atoms with Crippen LogP contribution in [0.1, 0.15) is 12.1 Å². The van der Waals surface area contributed by atoms with Crippen LogP contribution < -0.4 is 9.47 Å². The van der Waals surface area contributed by atoms with Crippen LogP contribution in [0.4, 0.5) is 0 Å². The third kappa shape index (κ3) is 3.16. The average Bonchev–Trinajstić information content (AvgIpc) is 2.85. The lowest BCUT2D eigenvalue weighted by atomic mass is 10.2. The Labute approximate surface area is 122 Å². The van der Waals surface area contributed by atoms with Crippen LogP contribution in [0.15, 0.2) is 24.4 Å². The van der Waals surface area contributed by atoms with Crippen LogP contribution in [0.5, 0.6) is 11.5 Å². The van der Waals surface area contributed by atoms with E-state index < -0.39 is 5.97 Å². The molecule has 112 valence electrons. The summed E-state index contributed by atoms with van der Waals surface area (Å²) in [6.07, 6.45) is 2.24. The van der Waals surface area contributed by atoms with Crippen molar-refractivity contribution in [3.63, 3.8) is 0 Å². The van der Waals surface area contributed by atoms with Gasteiger partial charge in [0.1, 0.15) is 5.82 Å². The topological polar surface area (TPSA) is 73.6 Å². The van der Waals surface area contributed by atoms with E-state index in [1.807, 2.05) is 29.8 Å². The maximum atomic E-state index is 10.7. The number of hydrogen-bond acceptors (Lipinski definition) is 4. The third-order valence-corrected chi connectivity index (χ3v) is 3.32. The molecule has 6 heteroatoms. The van der Waals surface area contributed by atoms with Crippen LogP contribution in [0.3, 0.4) is 0 Å². The number of benzene rings is 1. The number of rotatable bonds is 6. The molecule has 1 aromatic heterocycles. The van der Waals surface area contributed by atoms with Crippen molar-refractivity contribution >= 4 is 5.97 Å². The Bertz CT molecular complexity index is 649. The smallest absolute Gasteiger partial charge is 0.303 e. The molecule has 1 aromatic carbocycles. The van der Waals surface area contributed by atoms with Crippen LogP contribution in [-0.2, 0) is 18.3 Å². The van der Waals surface area contributed by atoms with Crippen LogP contribution in [0.2, 0.25) is 0 Å². The van der Waals surface area contributed by atoms with Gasteiger partial charge in [-0.15, -0.1) is 0 Å². The molecular formula is C15H18N2O4. The standard InChI is InChI=1S/C15H18N2O4/c1-17-11(5-7-14(18)19)9-16-15(17)10-4-6-12(20-2)13(8-10)21-3/h4,6,8-9H,5,7H2,1-3H3,(H,18,19). The molecule has 0 radical (unpaired) electrons. The lowest BCUT2D eigenvalue weighted by Crippen LogP contribution is -2.03. The van der Waals surface area contributed by atoms with Gasteiger partial charge < -0.3 is 19.1 Å². The van der Waals surface area contributed by atoms with Crippen molar-refractivity contribution in [2.45, 2.75) is 12.8 Å². The van der Waals surface area contributed by atoms with Crippen LogP contribution >= 0.6 is 0 Å². The van der Waals surface area contributed by atoms with Crippen molar-refractivity contribution in [1.29, 1.82) is 0 Å². The van der Waals surface area contributed by atoms with Crippen molar-refractivity contribution in [1.82, 2.24) is 9.55 Å². The van der Waals surface area contributed by atoms with E-state index >= 15 is 0 Å². The third-order valence-electron chi connectivity index (χ3n) is 3.32. The normalized spacial score (nSPS) is 10.4. The summed E-state index contributed by atoms with van der Waals surface area (Å²) in [6, 6.07) is 5.56. The summed E-state index contributed by atoms with van der Waals surface area (Å²) in [4.78, 5) is 15.0. The fourth-order valence-electron chi connectivity index (χ4n) is 2.16. The van der Waals surface area contributed by atoms with Crippen molar-refractivity contribution in [2.24, 2.45) is 7.05 Å². The van der Waals surface area contributed by atoms with Crippen LogP contribution in [0.25, 0.3) is 11.4 Å². The van der Waals surface area contributed by atoms with Gasteiger partial charge in [-0.05, 0) is 24.6 Å². The Hall–Kier alpha value is -2.50. The van der Waals surface area contributed by atoms with Crippen LogP contribution in [0, 0.1) is 0 Å². The van der Waals surface area contributed by atoms with Gasteiger partial charge in [-0.1, -0.05) is 0 Å². The number of methoxy groups -OCH3 is 2. The first-order chi connectivity index (χ1) is 10.1. The fourth-order valence-corrected chi connectivity index (χ4v) is 2.16. The van der Waals surface area contributed by atoms with E-state index in [9.17, 15) is 4.79 Å². The number of carboxylic acids is 1. The van der Waals surface area contributed by atoms with E-state index in [0.29, 0.717) is 17.9 Å². The molecule has 21 heavy (non-hydrogen) atoms. The Balaban J connectivity index is 2.32. The van der Waals surface area contributed by atoms with Gasteiger partial charge in [-0.3, -0.25) is 4.79 Å². The van der Waals surface area contributed by atoms with Gasteiger partial charge in [-0.25, -0.2) is 4.98 Å². The molecule has 0 saturated carbocycles. The highest BCUT2D eigenvalue weighted by molar-refractivity contribution is 5.67. The summed E-state index contributed by atoms with van der Waals surface area (Å²) in [7, 11) is 5.04. The summed E-state index contributed by atoms with van der Waals surface area (Å²) in [6.45, 7) is 0. The summed E-state index contributed by atoms with van der Waals surface area (Å²) in [5.41, 5.74) is 1.76. The van der Waals surface area contributed by atoms with E-state index in [4.69, 9.17) is 14.6 Å². The first kappa shape index (κ1) is 14.9. The molecule has 2 rings (SSSR count). The van der Waals surface area contributed by atoms with E-state index in [0.717, 1.165) is 17.1 Å². The number of carboxylic acid groups (broad SMARTS) is 1. The van der Waals surface area contributed by atoms with E-state index in [-0.39, 0.29) is 6.42 Å². The average molecular weight is 290 g/mol. The minimum absolute atomic E-state index is 0.0882. The highest BCUT2D eigenvalue weighted by Crippen LogP contribution is 2.31. The van der Waals surface area contributed by atoms with Gasteiger partial charge in [0.15, 0.2) is 11.5 Å². The Morgan fingerprint density at radius 1 is 1.29 bits per heavy atom. The highest BCUT2D eigenvalue weighted by Gasteiger charge is 2.12. The molecular weight excluding hydrogens is 272 g/mol. The molecule has 0 unspecified atom stereocenters. The first-order valence-electron chi connectivity index (χ1n) is 6.51. The van der Waals surface area contributed by atoms with Gasteiger partial charge in [0.25, 0.3) is 0 Å². The molecule has 0 spiro atoms.